The summed E-state index contributed by atoms with van der Waals surface area (Å²) in [6.45, 7) is 4.12. The molecule has 4 rings (SSSR count). The Morgan fingerprint density at radius 1 is 1.24 bits per heavy atom. The number of nitrogens with zero attached hydrogens (tertiary/aromatic N) is 1. The fraction of sp³-hybridized carbons (Fsp3) is 0.480. The van der Waals surface area contributed by atoms with E-state index in [1.54, 1.807) is 6.07 Å². The molecule has 3 unspecified atom stereocenters. The second kappa shape index (κ2) is 11.4. The number of hydrogen-bond donors (Lipinski definition) is 2. The molecule has 0 bridgehead atoms. The Morgan fingerprint density at radius 2 is 1.92 bits per heavy atom. The van der Waals surface area contributed by atoms with Crippen molar-refractivity contribution in [1.82, 2.24) is 4.72 Å². The van der Waals surface area contributed by atoms with Crippen LogP contribution in [-0.4, -0.2) is 49.7 Å². The van der Waals surface area contributed by atoms with Crippen LogP contribution in [0.3, 0.4) is 0 Å². The first-order valence-corrected chi connectivity index (χ1v) is 15.5. The monoisotopic (exact) mass is 653 g/mol. The van der Waals surface area contributed by atoms with Gasteiger partial charge in [-0.3, -0.25) is 4.79 Å². The molecule has 7 nitrogen and oxygen atoms in total. The summed E-state index contributed by atoms with van der Waals surface area (Å²) in [5.74, 6) is -0.210. The van der Waals surface area contributed by atoms with E-state index in [-0.39, 0.29) is 47.3 Å². The molecule has 208 valence electrons. The first-order chi connectivity index (χ1) is 17.8. The number of fused-ring (bicyclic) bond motifs is 3. The maximum Gasteiger partial charge on any atom is 0.487 e. The van der Waals surface area contributed by atoms with Crippen LogP contribution in [0.5, 0.6) is 5.75 Å². The van der Waals surface area contributed by atoms with Crippen LogP contribution in [0.4, 0.5) is 20.2 Å². The highest BCUT2D eigenvalue weighted by Gasteiger charge is 2.49. The number of alkyl halides is 4. The number of halogens is 5. The molecule has 0 aromatic heterocycles. The van der Waals surface area contributed by atoms with Gasteiger partial charge in [0.2, 0.25) is 10.0 Å². The van der Waals surface area contributed by atoms with E-state index < -0.39 is 15.6 Å². The van der Waals surface area contributed by atoms with Crippen molar-refractivity contribution < 1.29 is 26.7 Å². The van der Waals surface area contributed by atoms with Crippen molar-refractivity contribution in [3.63, 3.8) is 0 Å². The zero-order chi connectivity index (χ0) is 27.8. The molecule has 1 aliphatic carbocycles. The van der Waals surface area contributed by atoms with Crippen molar-refractivity contribution in [3.05, 3.63) is 52.0 Å². The van der Waals surface area contributed by atoms with Gasteiger partial charge in [0.1, 0.15) is 5.75 Å². The smallest absolute Gasteiger partial charge is 0.420 e. The summed E-state index contributed by atoms with van der Waals surface area (Å²) in [7, 11) is -3.48. The molecule has 2 aliphatic rings. The zero-order valence-corrected chi connectivity index (χ0v) is 24.6. The summed E-state index contributed by atoms with van der Waals surface area (Å²) in [6, 6.07) is 8.76. The van der Waals surface area contributed by atoms with Crippen molar-refractivity contribution in [2.75, 3.05) is 21.8 Å². The highest BCUT2D eigenvalue weighted by atomic mass is 79.9. The molecule has 0 saturated heterocycles. The van der Waals surface area contributed by atoms with Crippen molar-refractivity contribution in [2.24, 2.45) is 0 Å². The third-order valence-electron chi connectivity index (χ3n) is 6.73. The van der Waals surface area contributed by atoms with Crippen LogP contribution in [0, 0.1) is 0 Å². The summed E-state index contributed by atoms with van der Waals surface area (Å²) in [5.41, 5.74) is -1.07. The van der Waals surface area contributed by atoms with Gasteiger partial charge in [-0.2, -0.15) is 0 Å². The van der Waals surface area contributed by atoms with Crippen LogP contribution in [0.1, 0.15) is 54.9 Å². The number of hydrogen-bond acceptors (Lipinski definition) is 5. The van der Waals surface area contributed by atoms with Crippen molar-refractivity contribution >= 4 is 66.4 Å². The van der Waals surface area contributed by atoms with E-state index in [9.17, 15) is 22.0 Å². The van der Waals surface area contributed by atoms with Crippen LogP contribution in [0.15, 0.2) is 40.9 Å². The van der Waals surface area contributed by atoms with E-state index >= 15 is 0 Å². The molecule has 0 radical (unpaired) electrons. The predicted octanol–water partition coefficient (Wildman–Crippen LogP) is 6.26. The molecule has 1 heterocycles. The fourth-order valence-corrected chi connectivity index (χ4v) is 7.79. The molecule has 1 aliphatic heterocycles. The number of carbonyl (C=O) groups is 1. The number of amides is 1. The molecule has 1 saturated carbocycles. The van der Waals surface area contributed by atoms with Crippen molar-refractivity contribution in [1.29, 1.82) is 0 Å². The molecule has 1 amide bonds. The second-order valence-electron chi connectivity index (χ2n) is 9.68. The maximum absolute atomic E-state index is 13.1. The van der Waals surface area contributed by atoms with E-state index in [2.05, 4.69) is 49.5 Å². The summed E-state index contributed by atoms with van der Waals surface area (Å²) in [6.07, 6.45) is 1.83. The van der Waals surface area contributed by atoms with E-state index in [4.69, 9.17) is 23.2 Å². The van der Waals surface area contributed by atoms with Gasteiger partial charge in [0.05, 0.1) is 17.5 Å². The lowest BCUT2D eigenvalue weighted by atomic mass is 9.95. The first kappa shape index (κ1) is 29.3. The highest BCUT2D eigenvalue weighted by molar-refractivity contribution is 9.10. The Kier molecular flexibility index (Phi) is 8.83. The van der Waals surface area contributed by atoms with Gasteiger partial charge in [-0.25, -0.2) is 13.1 Å². The lowest BCUT2D eigenvalue weighted by Gasteiger charge is -2.35. The van der Waals surface area contributed by atoms with Gasteiger partial charge in [-0.15, -0.1) is 20.4 Å². The summed E-state index contributed by atoms with van der Waals surface area (Å²) < 4.78 is 58.9. The van der Waals surface area contributed by atoms with Crippen molar-refractivity contribution in [3.8, 4) is 5.75 Å². The van der Waals surface area contributed by atoms with Crippen LogP contribution < -0.4 is 19.7 Å². The molecule has 38 heavy (non-hydrogen) atoms. The summed E-state index contributed by atoms with van der Waals surface area (Å²) in [5, 5.41) is 2.77. The standard InChI is InChI=1S/C25H28BrCl2F2N3O4S/c1-14(2)33-22-19(18-8-9-21(23(18)33)32-38(35,36)11-3-10-27)12-15(13-20(22)26)24(34)31-16-4-6-17(7-5-16)37-25(28,29)30/h4-7,12-14,18,21,23,32H,3,8-11H2,1-2H3,(H,31,34). The van der Waals surface area contributed by atoms with E-state index in [0.717, 1.165) is 22.1 Å². The van der Waals surface area contributed by atoms with E-state index in [1.165, 1.54) is 24.3 Å². The highest BCUT2D eigenvalue weighted by Crippen LogP contribution is 2.53. The van der Waals surface area contributed by atoms with Crippen LogP contribution in [0.25, 0.3) is 0 Å². The molecule has 13 heteroatoms. The molecular weight excluding hydrogens is 627 g/mol. The Labute approximate surface area is 239 Å². The second-order valence-corrected chi connectivity index (χ2v) is 13.2. The normalized spacial score (nSPS) is 20.9. The van der Waals surface area contributed by atoms with Crippen LogP contribution >= 0.6 is 39.1 Å². The third-order valence-corrected chi connectivity index (χ3v) is 9.16. The lowest BCUT2D eigenvalue weighted by Crippen LogP contribution is -2.51. The van der Waals surface area contributed by atoms with Gasteiger partial charge in [0, 0.05) is 51.2 Å². The van der Waals surface area contributed by atoms with Crippen LogP contribution in [0.2, 0.25) is 0 Å². The van der Waals surface area contributed by atoms with Gasteiger partial charge in [-0.1, -0.05) is 0 Å². The molecule has 2 N–H and O–H groups in total. The number of nitrogens with one attached hydrogen (secondary N) is 2. The van der Waals surface area contributed by atoms with Gasteiger partial charge in [0.25, 0.3) is 5.91 Å². The van der Waals surface area contributed by atoms with E-state index in [1.807, 2.05) is 6.07 Å². The molecule has 2 aromatic rings. The van der Waals surface area contributed by atoms with E-state index in [0.29, 0.717) is 24.1 Å². The minimum Gasteiger partial charge on any atom is -0.420 e. The predicted molar refractivity (Wildman–Crippen MR) is 149 cm³/mol. The molecule has 1 fully saturated rings. The Morgan fingerprint density at radius 3 is 2.53 bits per heavy atom. The number of ether oxygens (including phenoxy) is 1. The third kappa shape index (κ3) is 6.55. The maximum atomic E-state index is 13.1. The zero-order valence-electron chi connectivity index (χ0n) is 20.7. The Bertz CT molecular complexity index is 1290. The topological polar surface area (TPSA) is 87.7 Å². The number of rotatable bonds is 10. The Hall–Kier alpha value is -1.66. The minimum atomic E-state index is -3.83. The lowest BCUT2D eigenvalue weighted by molar-refractivity contribution is -0.0964. The van der Waals surface area contributed by atoms with Crippen molar-refractivity contribution in [2.45, 2.75) is 62.7 Å². The SMILES string of the molecule is CC(C)N1c2c(Br)cc(C(=O)Nc3ccc(OC(F)(F)Cl)cc3)cc2C2CCC(NS(=O)(=O)CCCCl)C21. The molecule has 3 atom stereocenters. The average molecular weight is 655 g/mol. The van der Waals surface area contributed by atoms with Gasteiger partial charge < -0.3 is 15.0 Å². The van der Waals surface area contributed by atoms with Gasteiger partial charge in [0.15, 0.2) is 0 Å². The number of carbonyl (C=O) groups excluding carboxylic acids is 1. The Balaban J connectivity index is 1.57. The fourth-order valence-electron chi connectivity index (χ4n) is 5.37. The molecule has 2 aromatic carbocycles. The minimum absolute atomic E-state index is 0.0194. The quantitative estimate of drug-likeness (QED) is 0.295. The largest absolute Gasteiger partial charge is 0.487 e. The molecule has 0 spiro atoms. The number of benzene rings is 2. The van der Waals surface area contributed by atoms with Gasteiger partial charge in [-0.05, 0) is 91.0 Å². The van der Waals surface area contributed by atoms with Gasteiger partial charge >= 0.3 is 5.57 Å². The average Bonchev–Trinajstić information content (AvgIpc) is 3.36. The first-order valence-electron chi connectivity index (χ1n) is 12.1. The molecular formula is C25H28BrCl2F2N3O4S. The van der Waals surface area contributed by atoms with Crippen LogP contribution in [-0.2, 0) is 10.0 Å². The number of anilines is 2. The summed E-state index contributed by atoms with van der Waals surface area (Å²) in [4.78, 5) is 15.4. The summed E-state index contributed by atoms with van der Waals surface area (Å²) >= 11 is 14.1. The number of sulfonamides is 1.